The standard InChI is InChI=1S/C16H16O7/c1-22-11-5-2-7(6-10(11)18)15-14(21)12(19)8-3-4-9(17)13(20)16(8)23-15/h2-6,12,14-15,17-21H,1H3/t12-,14-,15-/m1/s1. The lowest BCUT2D eigenvalue weighted by atomic mass is 9.91. The number of methoxy groups -OCH3 is 1. The fraction of sp³-hybridized carbons (Fsp3) is 0.250. The molecule has 1 aliphatic rings. The number of fused-ring (bicyclic) bond motifs is 1. The first kappa shape index (κ1) is 15.3. The van der Waals surface area contributed by atoms with Crippen LogP contribution in [0.15, 0.2) is 30.3 Å². The largest absolute Gasteiger partial charge is 0.504 e. The fourth-order valence-electron chi connectivity index (χ4n) is 2.63. The molecule has 0 aliphatic carbocycles. The van der Waals surface area contributed by atoms with Gasteiger partial charge in [-0.25, -0.2) is 0 Å². The van der Waals surface area contributed by atoms with Crippen LogP contribution < -0.4 is 9.47 Å². The summed E-state index contributed by atoms with van der Waals surface area (Å²) in [6, 6.07) is 6.95. The Morgan fingerprint density at radius 3 is 2.39 bits per heavy atom. The van der Waals surface area contributed by atoms with Gasteiger partial charge in [-0.15, -0.1) is 0 Å². The summed E-state index contributed by atoms with van der Waals surface area (Å²) in [5.41, 5.74) is 0.546. The van der Waals surface area contributed by atoms with Gasteiger partial charge in [0, 0.05) is 5.56 Å². The zero-order chi connectivity index (χ0) is 16.7. The van der Waals surface area contributed by atoms with Crippen LogP contribution in [0.1, 0.15) is 23.3 Å². The molecule has 0 fully saturated rings. The second kappa shape index (κ2) is 5.53. The molecule has 0 unspecified atom stereocenters. The molecule has 1 aliphatic heterocycles. The molecule has 0 aromatic heterocycles. The SMILES string of the molecule is COc1ccc([C@H]2Oc3c(ccc(O)c3O)[C@@H](O)[C@H]2O)cc1O. The smallest absolute Gasteiger partial charge is 0.200 e. The van der Waals surface area contributed by atoms with E-state index in [0.29, 0.717) is 5.56 Å². The number of rotatable bonds is 2. The van der Waals surface area contributed by atoms with Crippen LogP contribution in [0.2, 0.25) is 0 Å². The van der Waals surface area contributed by atoms with Crippen molar-refractivity contribution in [2.24, 2.45) is 0 Å². The Labute approximate surface area is 131 Å². The van der Waals surface area contributed by atoms with Crippen LogP contribution in [0.25, 0.3) is 0 Å². The Morgan fingerprint density at radius 2 is 1.74 bits per heavy atom. The van der Waals surface area contributed by atoms with E-state index in [1.807, 2.05) is 0 Å². The highest BCUT2D eigenvalue weighted by atomic mass is 16.5. The van der Waals surface area contributed by atoms with Crippen molar-refractivity contribution in [2.45, 2.75) is 18.3 Å². The minimum absolute atomic E-state index is 0.108. The summed E-state index contributed by atoms with van der Waals surface area (Å²) in [7, 11) is 1.40. The van der Waals surface area contributed by atoms with Gasteiger partial charge in [0.15, 0.2) is 29.1 Å². The van der Waals surface area contributed by atoms with Gasteiger partial charge in [0.25, 0.3) is 0 Å². The highest BCUT2D eigenvalue weighted by molar-refractivity contribution is 5.56. The Bertz CT molecular complexity index is 743. The number of aromatic hydroxyl groups is 3. The van der Waals surface area contributed by atoms with Crippen molar-refractivity contribution in [2.75, 3.05) is 7.11 Å². The second-order valence-corrected chi connectivity index (χ2v) is 5.26. The summed E-state index contributed by atoms with van der Waals surface area (Å²) >= 11 is 0. The van der Waals surface area contributed by atoms with E-state index in [-0.39, 0.29) is 22.8 Å². The summed E-state index contributed by atoms with van der Waals surface area (Å²) in [5, 5.41) is 49.9. The molecule has 0 bridgehead atoms. The molecule has 0 spiro atoms. The first-order valence-corrected chi connectivity index (χ1v) is 6.88. The van der Waals surface area contributed by atoms with E-state index >= 15 is 0 Å². The van der Waals surface area contributed by atoms with E-state index in [9.17, 15) is 25.5 Å². The quantitative estimate of drug-likeness (QED) is 0.530. The van der Waals surface area contributed by atoms with Crippen LogP contribution in [0.5, 0.6) is 28.7 Å². The molecule has 122 valence electrons. The molecule has 2 aromatic carbocycles. The van der Waals surface area contributed by atoms with E-state index in [4.69, 9.17) is 9.47 Å². The lowest BCUT2D eigenvalue weighted by Gasteiger charge is -2.34. The van der Waals surface area contributed by atoms with Gasteiger partial charge >= 0.3 is 0 Å². The summed E-state index contributed by atoms with van der Waals surface area (Å²) in [5.74, 6) is -0.926. The summed E-state index contributed by atoms with van der Waals surface area (Å²) in [6.45, 7) is 0. The van der Waals surface area contributed by atoms with Crippen molar-refractivity contribution in [3.05, 3.63) is 41.5 Å². The van der Waals surface area contributed by atoms with Crippen LogP contribution in [0.4, 0.5) is 0 Å². The first-order chi connectivity index (χ1) is 10.9. The van der Waals surface area contributed by atoms with Crippen molar-refractivity contribution in [1.82, 2.24) is 0 Å². The number of hydrogen-bond acceptors (Lipinski definition) is 7. The molecule has 0 radical (unpaired) electrons. The topological polar surface area (TPSA) is 120 Å². The molecular formula is C16H16O7. The van der Waals surface area contributed by atoms with Crippen LogP contribution in [-0.2, 0) is 0 Å². The van der Waals surface area contributed by atoms with Crippen molar-refractivity contribution in [3.8, 4) is 28.7 Å². The number of ether oxygens (including phenoxy) is 2. The molecule has 7 nitrogen and oxygen atoms in total. The predicted molar refractivity (Wildman–Crippen MR) is 78.8 cm³/mol. The average molecular weight is 320 g/mol. The Kier molecular flexibility index (Phi) is 3.67. The third kappa shape index (κ3) is 2.39. The summed E-state index contributed by atoms with van der Waals surface area (Å²) < 4.78 is 10.5. The number of aliphatic hydroxyl groups is 2. The van der Waals surface area contributed by atoms with Crippen LogP contribution in [0.3, 0.4) is 0 Å². The monoisotopic (exact) mass is 320 g/mol. The highest BCUT2D eigenvalue weighted by Gasteiger charge is 2.39. The molecule has 0 amide bonds. The molecule has 0 saturated carbocycles. The van der Waals surface area contributed by atoms with Gasteiger partial charge < -0.3 is 35.0 Å². The first-order valence-electron chi connectivity index (χ1n) is 6.88. The minimum Gasteiger partial charge on any atom is -0.504 e. The van der Waals surface area contributed by atoms with E-state index < -0.39 is 29.8 Å². The number of phenolic OH excluding ortho intramolecular Hbond substituents is 3. The predicted octanol–water partition coefficient (Wildman–Crippen LogP) is 1.34. The molecular weight excluding hydrogens is 304 g/mol. The van der Waals surface area contributed by atoms with Crippen LogP contribution in [-0.4, -0.2) is 38.7 Å². The fourth-order valence-corrected chi connectivity index (χ4v) is 2.63. The lowest BCUT2D eigenvalue weighted by molar-refractivity contribution is -0.0710. The summed E-state index contributed by atoms with van der Waals surface area (Å²) in [6.07, 6.45) is -3.68. The van der Waals surface area contributed by atoms with Gasteiger partial charge in [-0.3, -0.25) is 0 Å². The average Bonchev–Trinajstić information content (AvgIpc) is 2.54. The highest BCUT2D eigenvalue weighted by Crippen LogP contribution is 2.49. The lowest BCUT2D eigenvalue weighted by Crippen LogP contribution is -2.34. The Hall–Kier alpha value is -2.64. The molecule has 3 atom stereocenters. The van der Waals surface area contributed by atoms with Crippen molar-refractivity contribution >= 4 is 0 Å². The van der Waals surface area contributed by atoms with E-state index in [1.54, 1.807) is 6.07 Å². The van der Waals surface area contributed by atoms with Gasteiger partial charge in [0.1, 0.15) is 12.2 Å². The zero-order valence-electron chi connectivity index (χ0n) is 12.2. The molecule has 0 saturated heterocycles. The van der Waals surface area contributed by atoms with Crippen molar-refractivity contribution in [1.29, 1.82) is 0 Å². The third-order valence-electron chi connectivity index (χ3n) is 3.87. The van der Waals surface area contributed by atoms with Gasteiger partial charge in [-0.1, -0.05) is 6.07 Å². The molecule has 7 heteroatoms. The van der Waals surface area contributed by atoms with Gasteiger partial charge in [0.05, 0.1) is 7.11 Å². The number of hydrogen-bond donors (Lipinski definition) is 5. The molecule has 5 N–H and O–H groups in total. The maximum Gasteiger partial charge on any atom is 0.200 e. The van der Waals surface area contributed by atoms with Crippen molar-refractivity contribution < 1.29 is 35.0 Å². The van der Waals surface area contributed by atoms with E-state index in [2.05, 4.69) is 0 Å². The maximum atomic E-state index is 10.3. The minimum atomic E-state index is -1.32. The van der Waals surface area contributed by atoms with Gasteiger partial charge in [-0.05, 0) is 29.8 Å². The number of benzene rings is 2. The Morgan fingerprint density at radius 1 is 1.00 bits per heavy atom. The zero-order valence-corrected chi connectivity index (χ0v) is 12.2. The van der Waals surface area contributed by atoms with Gasteiger partial charge in [0.2, 0.25) is 5.75 Å². The molecule has 3 rings (SSSR count). The normalized spacial score (nSPS) is 23.0. The van der Waals surface area contributed by atoms with Crippen LogP contribution in [0, 0.1) is 0 Å². The maximum absolute atomic E-state index is 10.3. The number of phenols is 3. The number of aliphatic hydroxyl groups excluding tert-OH is 2. The third-order valence-corrected chi connectivity index (χ3v) is 3.87. The van der Waals surface area contributed by atoms with Crippen LogP contribution >= 0.6 is 0 Å². The molecule has 2 aromatic rings. The Balaban J connectivity index is 2.04. The molecule has 1 heterocycles. The van der Waals surface area contributed by atoms with Gasteiger partial charge in [-0.2, -0.15) is 0 Å². The molecule has 23 heavy (non-hydrogen) atoms. The van der Waals surface area contributed by atoms with Crippen molar-refractivity contribution in [3.63, 3.8) is 0 Å². The second-order valence-electron chi connectivity index (χ2n) is 5.26. The van der Waals surface area contributed by atoms with E-state index in [0.717, 1.165) is 0 Å². The summed E-state index contributed by atoms with van der Waals surface area (Å²) in [4.78, 5) is 0. The van der Waals surface area contributed by atoms with E-state index in [1.165, 1.54) is 31.4 Å².